The van der Waals surface area contributed by atoms with E-state index in [2.05, 4.69) is 5.32 Å². The highest BCUT2D eigenvalue weighted by Crippen LogP contribution is 2.21. The van der Waals surface area contributed by atoms with Crippen LogP contribution in [0.2, 0.25) is 0 Å². The Labute approximate surface area is 153 Å². The maximum Gasteiger partial charge on any atom is 0.249 e. The van der Waals surface area contributed by atoms with E-state index in [1.54, 1.807) is 16.7 Å². The summed E-state index contributed by atoms with van der Waals surface area (Å²) < 4.78 is 10.9. The molecule has 2 rings (SSSR count). The van der Waals surface area contributed by atoms with E-state index in [4.69, 9.17) is 9.47 Å². The lowest BCUT2D eigenvalue weighted by atomic mass is 10.1. The molecule has 1 fully saturated rings. The zero-order valence-corrected chi connectivity index (χ0v) is 15.8. The van der Waals surface area contributed by atoms with Crippen LogP contribution in [0.1, 0.15) is 20.8 Å². The number of para-hydroxylation sites is 1. The van der Waals surface area contributed by atoms with Crippen molar-refractivity contribution in [1.82, 2.24) is 10.2 Å². The van der Waals surface area contributed by atoms with Gasteiger partial charge in [-0.1, -0.05) is 18.2 Å². The van der Waals surface area contributed by atoms with E-state index >= 15 is 0 Å². The predicted molar refractivity (Wildman–Crippen MR) is 98.6 cm³/mol. The molecule has 0 unspecified atom stereocenters. The average molecular weight is 366 g/mol. The van der Waals surface area contributed by atoms with Gasteiger partial charge in [0.05, 0.1) is 12.5 Å². The number of hydrogen-bond donors (Lipinski definition) is 1. The Hall–Kier alpha value is -1.73. The van der Waals surface area contributed by atoms with Gasteiger partial charge in [0.25, 0.3) is 0 Å². The fourth-order valence-electron chi connectivity index (χ4n) is 2.34. The molecule has 2 amide bonds. The van der Waals surface area contributed by atoms with E-state index in [0.717, 1.165) is 5.75 Å². The molecular weight excluding hydrogens is 340 g/mol. The first kappa shape index (κ1) is 19.6. The van der Waals surface area contributed by atoms with Gasteiger partial charge in [-0.15, -0.1) is 11.8 Å². The van der Waals surface area contributed by atoms with Crippen LogP contribution in [0.5, 0.6) is 5.75 Å². The standard InChI is InChI=1S/C18H26N2O4S/c1-18(2,3)19-17(22)15-12-25-13-20(15)16(21)11-23-9-10-24-14-7-5-4-6-8-14/h4-8,15H,9-13H2,1-3H3,(H,19,22)/t15-/m0/s1. The third kappa shape index (κ3) is 6.59. The van der Waals surface area contributed by atoms with E-state index < -0.39 is 6.04 Å². The van der Waals surface area contributed by atoms with Crippen molar-refractivity contribution in [2.75, 3.05) is 31.5 Å². The molecule has 0 aromatic heterocycles. The largest absolute Gasteiger partial charge is 0.491 e. The number of thioether (sulfide) groups is 1. The quantitative estimate of drug-likeness (QED) is 0.747. The van der Waals surface area contributed by atoms with Crippen LogP contribution in [0.15, 0.2) is 30.3 Å². The Morgan fingerprint density at radius 3 is 2.64 bits per heavy atom. The van der Waals surface area contributed by atoms with Gasteiger partial charge in [-0.25, -0.2) is 0 Å². The summed E-state index contributed by atoms with van der Waals surface area (Å²) in [6.45, 7) is 6.43. The van der Waals surface area contributed by atoms with Crippen LogP contribution in [-0.4, -0.2) is 59.7 Å². The molecule has 0 aliphatic carbocycles. The van der Waals surface area contributed by atoms with Crippen LogP contribution < -0.4 is 10.1 Å². The summed E-state index contributed by atoms with van der Waals surface area (Å²) in [6, 6.07) is 9.01. The van der Waals surface area contributed by atoms with Crippen molar-refractivity contribution in [3.05, 3.63) is 30.3 Å². The van der Waals surface area contributed by atoms with E-state index in [1.165, 1.54) is 0 Å². The molecule has 1 aliphatic rings. The minimum Gasteiger partial charge on any atom is -0.491 e. The molecule has 6 nitrogen and oxygen atoms in total. The van der Waals surface area contributed by atoms with Crippen LogP contribution in [0.25, 0.3) is 0 Å². The molecule has 1 heterocycles. The second-order valence-corrected chi connectivity index (χ2v) is 7.83. The van der Waals surface area contributed by atoms with Crippen LogP contribution in [0.4, 0.5) is 0 Å². The van der Waals surface area contributed by atoms with E-state index in [-0.39, 0.29) is 24.0 Å². The minimum atomic E-state index is -0.430. The molecule has 1 aliphatic heterocycles. The zero-order chi connectivity index (χ0) is 18.3. The Bertz CT molecular complexity index is 574. The van der Waals surface area contributed by atoms with Crippen molar-refractivity contribution in [3.63, 3.8) is 0 Å². The maximum atomic E-state index is 12.3. The maximum absolute atomic E-state index is 12.3. The Kier molecular flexibility index (Phi) is 7.13. The number of amides is 2. The minimum absolute atomic E-state index is 0.0436. The Morgan fingerprint density at radius 2 is 1.96 bits per heavy atom. The molecule has 1 N–H and O–H groups in total. The summed E-state index contributed by atoms with van der Waals surface area (Å²) >= 11 is 1.58. The van der Waals surface area contributed by atoms with Crippen molar-refractivity contribution >= 4 is 23.6 Å². The predicted octanol–water partition coefficient (Wildman–Crippen LogP) is 1.90. The van der Waals surface area contributed by atoms with Crippen molar-refractivity contribution in [3.8, 4) is 5.75 Å². The van der Waals surface area contributed by atoms with Gasteiger partial charge in [0, 0.05) is 11.3 Å². The molecule has 25 heavy (non-hydrogen) atoms. The number of carbonyl (C=O) groups is 2. The van der Waals surface area contributed by atoms with Crippen LogP contribution >= 0.6 is 11.8 Å². The fourth-order valence-corrected chi connectivity index (χ4v) is 3.52. The number of ether oxygens (including phenoxy) is 2. The van der Waals surface area contributed by atoms with E-state index in [9.17, 15) is 9.59 Å². The summed E-state index contributed by atoms with van der Waals surface area (Å²) in [4.78, 5) is 26.2. The number of hydrogen-bond acceptors (Lipinski definition) is 5. The lowest BCUT2D eigenvalue weighted by molar-refractivity contribution is -0.142. The molecule has 0 spiro atoms. The number of benzene rings is 1. The number of rotatable bonds is 7. The molecule has 0 bridgehead atoms. The van der Waals surface area contributed by atoms with Gasteiger partial charge < -0.3 is 19.7 Å². The van der Waals surface area contributed by atoms with Gasteiger partial charge in [-0.05, 0) is 32.9 Å². The average Bonchev–Trinajstić information content (AvgIpc) is 3.03. The molecule has 1 atom stereocenters. The summed E-state index contributed by atoms with van der Waals surface area (Å²) in [5, 5.41) is 2.93. The first-order valence-electron chi connectivity index (χ1n) is 8.31. The summed E-state index contributed by atoms with van der Waals surface area (Å²) in [7, 11) is 0. The van der Waals surface area contributed by atoms with E-state index in [0.29, 0.717) is 24.8 Å². The summed E-state index contributed by atoms with van der Waals surface area (Å²) in [5.74, 6) is 1.62. The van der Waals surface area contributed by atoms with Gasteiger partial charge in [0.1, 0.15) is 25.0 Å². The second-order valence-electron chi connectivity index (χ2n) is 6.83. The van der Waals surface area contributed by atoms with Gasteiger partial charge in [0.15, 0.2) is 0 Å². The summed E-state index contributed by atoms with van der Waals surface area (Å²) in [5.41, 5.74) is -0.315. The smallest absolute Gasteiger partial charge is 0.249 e. The SMILES string of the molecule is CC(C)(C)NC(=O)[C@@H]1CSCN1C(=O)COCCOc1ccccc1. The van der Waals surface area contributed by atoms with Gasteiger partial charge in [-0.3, -0.25) is 9.59 Å². The number of nitrogens with zero attached hydrogens (tertiary/aromatic N) is 1. The molecule has 1 aromatic rings. The molecular formula is C18H26N2O4S. The highest BCUT2D eigenvalue weighted by atomic mass is 32.2. The third-order valence-corrected chi connectivity index (χ3v) is 4.48. The van der Waals surface area contributed by atoms with Gasteiger partial charge in [0.2, 0.25) is 11.8 Å². The monoisotopic (exact) mass is 366 g/mol. The third-order valence-electron chi connectivity index (χ3n) is 3.47. The van der Waals surface area contributed by atoms with Crippen molar-refractivity contribution in [2.24, 2.45) is 0 Å². The number of carbonyl (C=O) groups excluding carboxylic acids is 2. The first-order chi connectivity index (χ1) is 11.9. The fraction of sp³-hybridized carbons (Fsp3) is 0.556. The molecule has 0 radical (unpaired) electrons. The first-order valence-corrected chi connectivity index (χ1v) is 9.47. The Balaban J connectivity index is 1.71. The highest BCUT2D eigenvalue weighted by molar-refractivity contribution is 7.99. The van der Waals surface area contributed by atoms with Crippen LogP contribution in [0.3, 0.4) is 0 Å². The van der Waals surface area contributed by atoms with Crippen LogP contribution in [0, 0.1) is 0 Å². The Morgan fingerprint density at radius 1 is 1.24 bits per heavy atom. The normalized spacial score (nSPS) is 17.4. The van der Waals surface area contributed by atoms with Gasteiger partial charge in [-0.2, -0.15) is 0 Å². The van der Waals surface area contributed by atoms with E-state index in [1.807, 2.05) is 51.1 Å². The summed E-state index contributed by atoms with van der Waals surface area (Å²) in [6.07, 6.45) is 0. The van der Waals surface area contributed by atoms with Gasteiger partial charge >= 0.3 is 0 Å². The molecule has 7 heteroatoms. The van der Waals surface area contributed by atoms with Crippen LogP contribution in [-0.2, 0) is 14.3 Å². The zero-order valence-electron chi connectivity index (χ0n) is 15.0. The lowest BCUT2D eigenvalue weighted by Crippen LogP contribution is -2.52. The van der Waals surface area contributed by atoms with Crippen molar-refractivity contribution in [2.45, 2.75) is 32.4 Å². The van der Waals surface area contributed by atoms with Crippen molar-refractivity contribution < 1.29 is 19.1 Å². The second kappa shape index (κ2) is 9.10. The highest BCUT2D eigenvalue weighted by Gasteiger charge is 2.35. The number of nitrogens with one attached hydrogen (secondary N) is 1. The molecule has 138 valence electrons. The lowest BCUT2D eigenvalue weighted by Gasteiger charge is -2.27. The molecule has 0 saturated carbocycles. The molecule has 1 saturated heterocycles. The van der Waals surface area contributed by atoms with Crippen molar-refractivity contribution in [1.29, 1.82) is 0 Å². The topological polar surface area (TPSA) is 67.9 Å². The molecule has 1 aromatic carbocycles.